The number of hydrogen-bond donors (Lipinski definition) is 0. The third-order valence-corrected chi connectivity index (χ3v) is 3.67. The molecule has 2 aliphatic rings. The number of hydrogen-bond acceptors (Lipinski definition) is 2. The Bertz CT molecular complexity index is 419. The predicted octanol–water partition coefficient (Wildman–Crippen LogP) is 3.04. The molecule has 1 aromatic carbocycles. The van der Waals surface area contributed by atoms with E-state index in [4.69, 9.17) is 4.74 Å². The lowest BCUT2D eigenvalue weighted by Gasteiger charge is -2.29. The number of nitrogens with zero attached hydrogens (tertiary/aromatic N) is 1. The molecule has 0 aliphatic carbocycles. The number of benzene rings is 1. The van der Waals surface area contributed by atoms with Gasteiger partial charge in [-0.15, -0.1) is 0 Å². The second-order valence-electron chi connectivity index (χ2n) is 4.95. The van der Waals surface area contributed by atoms with E-state index in [1.54, 1.807) is 0 Å². The molecule has 0 saturated carbocycles. The molecule has 2 aliphatic heterocycles. The molecule has 2 heteroatoms. The fraction of sp³-hybridized carbons (Fsp3) is 0.467. The summed E-state index contributed by atoms with van der Waals surface area (Å²) in [6.07, 6.45) is 6.03. The van der Waals surface area contributed by atoms with Gasteiger partial charge in [0.2, 0.25) is 0 Å². The number of ether oxygens (including phenoxy) is 1. The Morgan fingerprint density at radius 1 is 1.06 bits per heavy atom. The first-order valence-electron chi connectivity index (χ1n) is 6.55. The molecule has 0 atom stereocenters. The van der Waals surface area contributed by atoms with Crippen LogP contribution in [0, 0.1) is 0 Å². The average Bonchev–Trinajstić information content (AvgIpc) is 2.40. The van der Waals surface area contributed by atoms with Crippen LogP contribution in [0.5, 0.6) is 0 Å². The smallest absolute Gasteiger partial charge is 0.113 e. The van der Waals surface area contributed by atoms with Gasteiger partial charge in [-0.2, -0.15) is 0 Å². The largest absolute Gasteiger partial charge is 0.496 e. The molecule has 0 unspecified atom stereocenters. The van der Waals surface area contributed by atoms with Crippen LogP contribution in [0.4, 0.5) is 0 Å². The van der Waals surface area contributed by atoms with Gasteiger partial charge in [-0.1, -0.05) is 30.7 Å². The molecule has 17 heavy (non-hydrogen) atoms. The van der Waals surface area contributed by atoms with Crippen molar-refractivity contribution in [3.05, 3.63) is 41.7 Å². The van der Waals surface area contributed by atoms with E-state index < -0.39 is 0 Å². The Hall–Kier alpha value is -1.28. The highest BCUT2D eigenvalue weighted by atomic mass is 16.5. The van der Waals surface area contributed by atoms with Gasteiger partial charge < -0.3 is 4.74 Å². The van der Waals surface area contributed by atoms with Crippen molar-refractivity contribution in [2.45, 2.75) is 25.9 Å². The standard InChI is InChI=1S/C15H19NO/c1-4-8-16(9-5-1)10-14-12-17-11-13-6-2-3-7-15(13)14/h2-3,6-7,12H,1,4-5,8-11H2. The Labute approximate surface area is 103 Å². The van der Waals surface area contributed by atoms with Crippen molar-refractivity contribution < 1.29 is 4.74 Å². The van der Waals surface area contributed by atoms with Crippen LogP contribution in [-0.2, 0) is 11.3 Å². The second-order valence-corrected chi connectivity index (χ2v) is 4.95. The second kappa shape index (κ2) is 4.92. The lowest BCUT2D eigenvalue weighted by atomic mass is 9.98. The van der Waals surface area contributed by atoms with Crippen molar-refractivity contribution in [2.24, 2.45) is 0 Å². The molecule has 2 heterocycles. The van der Waals surface area contributed by atoms with Gasteiger partial charge in [-0.25, -0.2) is 0 Å². The summed E-state index contributed by atoms with van der Waals surface area (Å²) in [6.45, 7) is 4.23. The van der Waals surface area contributed by atoms with Crippen LogP contribution in [0.1, 0.15) is 30.4 Å². The maximum Gasteiger partial charge on any atom is 0.113 e. The molecular weight excluding hydrogens is 210 g/mol. The van der Waals surface area contributed by atoms with Crippen LogP contribution in [0.3, 0.4) is 0 Å². The topological polar surface area (TPSA) is 12.5 Å². The highest BCUT2D eigenvalue weighted by Gasteiger charge is 2.17. The van der Waals surface area contributed by atoms with Crippen molar-refractivity contribution in [2.75, 3.05) is 19.6 Å². The van der Waals surface area contributed by atoms with Crippen LogP contribution in [-0.4, -0.2) is 24.5 Å². The van der Waals surface area contributed by atoms with Gasteiger partial charge in [0.1, 0.15) is 6.61 Å². The molecule has 0 aromatic heterocycles. The summed E-state index contributed by atoms with van der Waals surface area (Å²) < 4.78 is 5.56. The molecule has 0 N–H and O–H groups in total. The monoisotopic (exact) mass is 229 g/mol. The van der Waals surface area contributed by atoms with Gasteiger partial charge in [0.05, 0.1) is 6.26 Å². The first kappa shape index (κ1) is 10.8. The molecule has 2 nitrogen and oxygen atoms in total. The van der Waals surface area contributed by atoms with Gasteiger partial charge in [0.15, 0.2) is 0 Å². The number of piperidine rings is 1. The zero-order chi connectivity index (χ0) is 11.5. The fourth-order valence-corrected chi connectivity index (χ4v) is 2.74. The Kier molecular flexibility index (Phi) is 3.14. The molecule has 3 rings (SSSR count). The Morgan fingerprint density at radius 2 is 1.88 bits per heavy atom. The normalized spacial score (nSPS) is 20.4. The minimum absolute atomic E-state index is 0.722. The highest BCUT2D eigenvalue weighted by Crippen LogP contribution is 2.26. The van der Waals surface area contributed by atoms with Crippen LogP contribution >= 0.6 is 0 Å². The van der Waals surface area contributed by atoms with Crippen molar-refractivity contribution in [3.63, 3.8) is 0 Å². The van der Waals surface area contributed by atoms with Gasteiger partial charge in [-0.05, 0) is 37.1 Å². The average molecular weight is 229 g/mol. The van der Waals surface area contributed by atoms with Gasteiger partial charge in [-0.3, -0.25) is 4.90 Å². The van der Waals surface area contributed by atoms with Crippen molar-refractivity contribution >= 4 is 5.57 Å². The summed E-state index contributed by atoms with van der Waals surface area (Å²) in [5.41, 5.74) is 4.04. The zero-order valence-electron chi connectivity index (χ0n) is 10.2. The van der Waals surface area contributed by atoms with E-state index in [1.807, 2.05) is 6.26 Å². The lowest BCUT2D eigenvalue weighted by molar-refractivity contribution is 0.223. The third-order valence-electron chi connectivity index (χ3n) is 3.67. The van der Waals surface area contributed by atoms with E-state index in [0.29, 0.717) is 0 Å². The summed E-state index contributed by atoms with van der Waals surface area (Å²) in [6, 6.07) is 8.59. The van der Waals surface area contributed by atoms with E-state index in [-0.39, 0.29) is 0 Å². The highest BCUT2D eigenvalue weighted by molar-refractivity contribution is 5.69. The molecule has 0 amide bonds. The van der Waals surface area contributed by atoms with Crippen LogP contribution < -0.4 is 0 Å². The lowest BCUT2D eigenvalue weighted by Crippen LogP contribution is -2.31. The molecule has 0 radical (unpaired) electrons. The first-order valence-corrected chi connectivity index (χ1v) is 6.55. The van der Waals surface area contributed by atoms with Gasteiger partial charge in [0, 0.05) is 12.1 Å². The minimum Gasteiger partial charge on any atom is -0.496 e. The van der Waals surface area contributed by atoms with Crippen molar-refractivity contribution in [1.29, 1.82) is 0 Å². The maximum absolute atomic E-state index is 5.56. The third kappa shape index (κ3) is 2.37. The predicted molar refractivity (Wildman–Crippen MR) is 69.5 cm³/mol. The molecule has 1 fully saturated rings. The summed E-state index contributed by atoms with van der Waals surface area (Å²) in [5, 5.41) is 0. The first-order chi connectivity index (χ1) is 8.43. The number of likely N-dealkylation sites (tertiary alicyclic amines) is 1. The molecule has 0 bridgehead atoms. The van der Waals surface area contributed by atoms with Crippen LogP contribution in [0.2, 0.25) is 0 Å². The van der Waals surface area contributed by atoms with Crippen molar-refractivity contribution in [3.8, 4) is 0 Å². The quantitative estimate of drug-likeness (QED) is 0.773. The molecule has 1 saturated heterocycles. The summed E-state index contributed by atoms with van der Waals surface area (Å²) in [4.78, 5) is 2.54. The van der Waals surface area contributed by atoms with E-state index in [0.717, 1.165) is 13.2 Å². The number of fused-ring (bicyclic) bond motifs is 1. The van der Waals surface area contributed by atoms with Crippen LogP contribution in [0.25, 0.3) is 5.57 Å². The van der Waals surface area contributed by atoms with E-state index in [1.165, 1.54) is 49.1 Å². The molecular formula is C15H19NO. The van der Waals surface area contributed by atoms with E-state index >= 15 is 0 Å². The van der Waals surface area contributed by atoms with Crippen LogP contribution in [0.15, 0.2) is 30.5 Å². The fourth-order valence-electron chi connectivity index (χ4n) is 2.74. The van der Waals surface area contributed by atoms with E-state index in [9.17, 15) is 0 Å². The zero-order valence-corrected chi connectivity index (χ0v) is 10.2. The van der Waals surface area contributed by atoms with Gasteiger partial charge >= 0.3 is 0 Å². The Balaban J connectivity index is 1.76. The summed E-state index contributed by atoms with van der Waals surface area (Å²) >= 11 is 0. The van der Waals surface area contributed by atoms with Gasteiger partial charge in [0.25, 0.3) is 0 Å². The minimum atomic E-state index is 0.722. The molecule has 90 valence electrons. The van der Waals surface area contributed by atoms with E-state index in [2.05, 4.69) is 29.2 Å². The maximum atomic E-state index is 5.56. The summed E-state index contributed by atoms with van der Waals surface area (Å²) in [5.74, 6) is 0. The SMILES string of the molecule is C1=C(CN2CCCCC2)c2ccccc2CO1. The van der Waals surface area contributed by atoms with Crippen molar-refractivity contribution in [1.82, 2.24) is 4.90 Å². The number of rotatable bonds is 2. The molecule has 1 aromatic rings. The summed E-state index contributed by atoms with van der Waals surface area (Å²) in [7, 11) is 0. The molecule has 0 spiro atoms. The Morgan fingerprint density at radius 3 is 2.76 bits per heavy atom.